The summed E-state index contributed by atoms with van der Waals surface area (Å²) < 4.78 is 5.81. The molecule has 1 aromatic rings. The van der Waals surface area contributed by atoms with Crippen molar-refractivity contribution in [1.29, 1.82) is 0 Å². The number of nitrogens with zero attached hydrogens (tertiary/aromatic N) is 3. The molecule has 0 aromatic heterocycles. The second kappa shape index (κ2) is 6.77. The Morgan fingerprint density at radius 1 is 1.20 bits per heavy atom. The van der Waals surface area contributed by atoms with Crippen molar-refractivity contribution in [1.82, 2.24) is 14.7 Å². The van der Waals surface area contributed by atoms with Crippen LogP contribution in [0.5, 0.6) is 0 Å². The number of benzene rings is 1. The van der Waals surface area contributed by atoms with Crippen molar-refractivity contribution < 1.29 is 14.3 Å². The van der Waals surface area contributed by atoms with Gasteiger partial charge in [-0.15, -0.1) is 0 Å². The van der Waals surface area contributed by atoms with E-state index in [9.17, 15) is 9.59 Å². The average molecular weight is 343 g/mol. The number of hydrogen-bond donors (Lipinski definition) is 0. The first-order valence-corrected chi connectivity index (χ1v) is 9.06. The molecule has 0 radical (unpaired) electrons. The molecule has 0 N–H and O–H groups in total. The Morgan fingerprint density at radius 3 is 2.84 bits per heavy atom. The van der Waals surface area contributed by atoms with Crippen LogP contribution in [0, 0.1) is 0 Å². The Hall–Kier alpha value is -1.92. The summed E-state index contributed by atoms with van der Waals surface area (Å²) in [5.41, 5.74) is 2.71. The van der Waals surface area contributed by atoms with E-state index < -0.39 is 0 Å². The number of hydrogen-bond acceptors (Lipinski definition) is 4. The molecule has 0 saturated carbocycles. The van der Waals surface area contributed by atoms with Crippen molar-refractivity contribution in [3.63, 3.8) is 0 Å². The molecular weight excluding hydrogens is 318 g/mol. The minimum absolute atomic E-state index is 0.0129. The predicted molar refractivity (Wildman–Crippen MR) is 92.9 cm³/mol. The first kappa shape index (κ1) is 16.5. The maximum atomic E-state index is 12.8. The monoisotopic (exact) mass is 343 g/mol. The third kappa shape index (κ3) is 3.28. The van der Waals surface area contributed by atoms with E-state index in [1.807, 2.05) is 11.9 Å². The molecular formula is C19H25N3O3. The molecule has 2 atom stereocenters. The van der Waals surface area contributed by atoms with Gasteiger partial charge in [-0.2, -0.15) is 0 Å². The maximum Gasteiger partial charge on any atom is 0.236 e. The van der Waals surface area contributed by atoms with Crippen molar-refractivity contribution in [3.05, 3.63) is 35.4 Å². The lowest BCUT2D eigenvalue weighted by molar-refractivity contribution is -0.134. The highest BCUT2D eigenvalue weighted by atomic mass is 16.5. The fourth-order valence-corrected chi connectivity index (χ4v) is 4.14. The molecule has 3 aliphatic heterocycles. The molecule has 2 fully saturated rings. The highest BCUT2D eigenvalue weighted by molar-refractivity contribution is 5.80. The molecule has 1 aromatic carbocycles. The van der Waals surface area contributed by atoms with Crippen LogP contribution < -0.4 is 0 Å². The van der Waals surface area contributed by atoms with Gasteiger partial charge in [-0.05, 0) is 17.5 Å². The number of amides is 2. The second-order valence-electron chi connectivity index (χ2n) is 7.26. The van der Waals surface area contributed by atoms with Crippen LogP contribution >= 0.6 is 0 Å². The van der Waals surface area contributed by atoms with E-state index in [-0.39, 0.29) is 24.0 Å². The van der Waals surface area contributed by atoms with Crippen molar-refractivity contribution in [3.8, 4) is 0 Å². The van der Waals surface area contributed by atoms with E-state index in [0.717, 1.165) is 19.5 Å². The summed E-state index contributed by atoms with van der Waals surface area (Å²) in [6, 6.07) is 8.44. The number of rotatable bonds is 2. The van der Waals surface area contributed by atoms with E-state index in [1.54, 1.807) is 4.90 Å². The molecule has 6 nitrogen and oxygen atoms in total. The summed E-state index contributed by atoms with van der Waals surface area (Å²) in [5, 5.41) is 0. The third-order valence-electron chi connectivity index (χ3n) is 5.70. The molecule has 25 heavy (non-hydrogen) atoms. The molecule has 0 bridgehead atoms. The average Bonchev–Trinajstić information content (AvgIpc) is 3.00. The topological polar surface area (TPSA) is 53.1 Å². The summed E-state index contributed by atoms with van der Waals surface area (Å²) in [4.78, 5) is 30.6. The zero-order chi connectivity index (χ0) is 17.4. The molecule has 3 heterocycles. The number of likely N-dealkylation sites (N-methyl/N-ethyl adjacent to an activating group) is 1. The standard InChI is InChI=1S/C19H25N3O3/c1-20-16-11-22(12-17(16)25-9-7-18(20)23)19(24)13-21-8-6-14-4-2-3-5-15(14)10-21/h2-5,16-17H,6-13H2,1H3/t16-,17-/m0/s1. The minimum Gasteiger partial charge on any atom is -0.374 e. The number of carbonyl (C=O) groups is 2. The molecule has 0 spiro atoms. The Morgan fingerprint density at radius 2 is 2.00 bits per heavy atom. The fourth-order valence-electron chi connectivity index (χ4n) is 4.14. The van der Waals surface area contributed by atoms with Crippen molar-refractivity contribution in [2.24, 2.45) is 0 Å². The van der Waals surface area contributed by atoms with Crippen LogP contribution in [0.15, 0.2) is 24.3 Å². The lowest BCUT2D eigenvalue weighted by Gasteiger charge is -2.30. The zero-order valence-corrected chi connectivity index (χ0v) is 14.7. The van der Waals surface area contributed by atoms with Gasteiger partial charge in [-0.3, -0.25) is 14.5 Å². The van der Waals surface area contributed by atoms with Crippen LogP contribution in [0.2, 0.25) is 0 Å². The lowest BCUT2D eigenvalue weighted by Crippen LogP contribution is -2.44. The molecule has 6 heteroatoms. The van der Waals surface area contributed by atoms with E-state index in [0.29, 0.717) is 32.7 Å². The Labute approximate surface area is 148 Å². The van der Waals surface area contributed by atoms with E-state index >= 15 is 0 Å². The summed E-state index contributed by atoms with van der Waals surface area (Å²) >= 11 is 0. The highest BCUT2D eigenvalue weighted by Crippen LogP contribution is 2.23. The van der Waals surface area contributed by atoms with Crippen LogP contribution in [-0.4, -0.2) is 78.5 Å². The first-order valence-electron chi connectivity index (χ1n) is 9.06. The number of carbonyl (C=O) groups excluding carboxylic acids is 2. The van der Waals surface area contributed by atoms with Gasteiger partial charge in [0.1, 0.15) is 0 Å². The Kier molecular flexibility index (Phi) is 4.48. The van der Waals surface area contributed by atoms with Crippen LogP contribution in [0.1, 0.15) is 17.5 Å². The van der Waals surface area contributed by atoms with Gasteiger partial charge in [0.25, 0.3) is 0 Å². The minimum atomic E-state index is -0.0533. The molecule has 3 aliphatic rings. The van der Waals surface area contributed by atoms with E-state index in [4.69, 9.17) is 4.74 Å². The molecule has 0 unspecified atom stereocenters. The quantitative estimate of drug-likeness (QED) is 0.785. The summed E-state index contributed by atoms with van der Waals surface area (Å²) in [5.74, 6) is 0.242. The lowest BCUT2D eigenvalue weighted by atomic mass is 10.00. The fraction of sp³-hybridized carbons (Fsp3) is 0.579. The zero-order valence-electron chi connectivity index (χ0n) is 14.7. The second-order valence-corrected chi connectivity index (χ2v) is 7.26. The van der Waals surface area contributed by atoms with Crippen LogP contribution in [0.25, 0.3) is 0 Å². The molecule has 2 saturated heterocycles. The van der Waals surface area contributed by atoms with Gasteiger partial charge in [-0.1, -0.05) is 24.3 Å². The van der Waals surface area contributed by atoms with Gasteiger partial charge >= 0.3 is 0 Å². The van der Waals surface area contributed by atoms with Crippen LogP contribution in [0.4, 0.5) is 0 Å². The number of likely N-dealkylation sites (tertiary alicyclic amines) is 1. The van der Waals surface area contributed by atoms with Crippen molar-refractivity contribution >= 4 is 11.8 Å². The molecule has 134 valence electrons. The normalized spacial score (nSPS) is 27.0. The number of fused-ring (bicyclic) bond motifs is 2. The maximum absolute atomic E-state index is 12.8. The molecule has 2 amide bonds. The van der Waals surface area contributed by atoms with Gasteiger partial charge in [-0.25, -0.2) is 0 Å². The summed E-state index contributed by atoms with van der Waals surface area (Å²) in [7, 11) is 1.82. The first-order chi connectivity index (χ1) is 12.1. The van der Waals surface area contributed by atoms with Gasteiger partial charge in [0.15, 0.2) is 0 Å². The summed E-state index contributed by atoms with van der Waals surface area (Å²) in [6.45, 7) is 3.80. The molecule has 0 aliphatic carbocycles. The van der Waals surface area contributed by atoms with Gasteiger partial charge in [0, 0.05) is 33.2 Å². The summed E-state index contributed by atoms with van der Waals surface area (Å²) in [6.07, 6.45) is 1.38. The number of ether oxygens (including phenoxy) is 1. The predicted octanol–water partition coefficient (Wildman–Crippen LogP) is 0.503. The van der Waals surface area contributed by atoms with Gasteiger partial charge in [0.05, 0.1) is 31.7 Å². The third-order valence-corrected chi connectivity index (χ3v) is 5.70. The van der Waals surface area contributed by atoms with Crippen LogP contribution in [-0.2, 0) is 27.3 Å². The van der Waals surface area contributed by atoms with Gasteiger partial charge < -0.3 is 14.5 Å². The van der Waals surface area contributed by atoms with Crippen LogP contribution in [0.3, 0.4) is 0 Å². The smallest absolute Gasteiger partial charge is 0.236 e. The largest absolute Gasteiger partial charge is 0.374 e. The highest BCUT2D eigenvalue weighted by Gasteiger charge is 2.41. The van der Waals surface area contributed by atoms with Crippen molar-refractivity contribution in [2.45, 2.75) is 31.5 Å². The van der Waals surface area contributed by atoms with Crippen molar-refractivity contribution in [2.75, 3.05) is 39.8 Å². The SMILES string of the molecule is CN1C(=O)CCO[C@H]2CN(C(=O)CN3CCc4ccccc4C3)C[C@@H]21. The van der Waals surface area contributed by atoms with Gasteiger partial charge in [0.2, 0.25) is 11.8 Å². The van der Waals surface area contributed by atoms with E-state index in [2.05, 4.69) is 29.2 Å². The molecule has 4 rings (SSSR count). The Balaban J connectivity index is 1.37. The Bertz CT molecular complexity index is 678. The van der Waals surface area contributed by atoms with E-state index in [1.165, 1.54) is 11.1 Å².